The van der Waals surface area contributed by atoms with Gasteiger partial charge in [0.25, 0.3) is 0 Å². The summed E-state index contributed by atoms with van der Waals surface area (Å²) in [5.74, 6) is 0.113. The van der Waals surface area contributed by atoms with Crippen LogP contribution in [0.2, 0.25) is 0 Å². The predicted octanol–water partition coefficient (Wildman–Crippen LogP) is 3.17. The van der Waals surface area contributed by atoms with E-state index in [2.05, 4.69) is 11.4 Å². The van der Waals surface area contributed by atoms with Gasteiger partial charge in [0.15, 0.2) is 0 Å². The van der Waals surface area contributed by atoms with Crippen LogP contribution >= 0.6 is 11.8 Å². The zero-order chi connectivity index (χ0) is 16.3. The highest BCUT2D eigenvalue weighted by Crippen LogP contribution is 2.38. The predicted molar refractivity (Wildman–Crippen MR) is 91.5 cm³/mol. The number of carboxylic acid groups (broad SMARTS) is 1. The van der Waals surface area contributed by atoms with E-state index in [0.717, 1.165) is 37.0 Å². The first kappa shape index (κ1) is 16.4. The zero-order valence-corrected chi connectivity index (χ0v) is 14.0. The lowest BCUT2D eigenvalue weighted by atomic mass is 9.74. The van der Waals surface area contributed by atoms with Gasteiger partial charge < -0.3 is 10.4 Å². The first-order valence-corrected chi connectivity index (χ1v) is 9.38. The number of aliphatic carboxylic acids is 1. The molecule has 0 aromatic heterocycles. The van der Waals surface area contributed by atoms with E-state index in [-0.39, 0.29) is 17.7 Å². The fourth-order valence-electron chi connectivity index (χ4n) is 3.65. The molecule has 1 aliphatic heterocycles. The van der Waals surface area contributed by atoms with E-state index in [1.54, 1.807) is 11.8 Å². The van der Waals surface area contributed by atoms with Crippen LogP contribution < -0.4 is 5.32 Å². The van der Waals surface area contributed by atoms with Crippen LogP contribution in [0.1, 0.15) is 48.5 Å². The van der Waals surface area contributed by atoms with E-state index in [4.69, 9.17) is 0 Å². The molecule has 1 heterocycles. The summed E-state index contributed by atoms with van der Waals surface area (Å²) >= 11 is 1.65. The van der Waals surface area contributed by atoms with Crippen molar-refractivity contribution in [2.75, 3.05) is 12.3 Å². The number of rotatable bonds is 4. The molecule has 3 rings (SSSR count). The molecule has 5 heteroatoms. The molecule has 4 nitrogen and oxygen atoms in total. The van der Waals surface area contributed by atoms with Crippen molar-refractivity contribution in [2.45, 2.75) is 43.8 Å². The molecule has 23 heavy (non-hydrogen) atoms. The fraction of sp³-hybridized carbons (Fsp3) is 0.556. The highest BCUT2D eigenvalue weighted by molar-refractivity contribution is 8.00. The van der Waals surface area contributed by atoms with Crippen LogP contribution in [0.25, 0.3) is 0 Å². The Morgan fingerprint density at radius 1 is 1.22 bits per heavy atom. The Labute approximate surface area is 141 Å². The van der Waals surface area contributed by atoms with Gasteiger partial charge in [-0.1, -0.05) is 43.5 Å². The van der Waals surface area contributed by atoms with E-state index in [1.807, 2.05) is 18.2 Å². The Morgan fingerprint density at radius 2 is 1.96 bits per heavy atom. The van der Waals surface area contributed by atoms with Gasteiger partial charge >= 0.3 is 5.97 Å². The normalized spacial score (nSPS) is 22.9. The maximum Gasteiger partial charge on any atom is 0.311 e. The summed E-state index contributed by atoms with van der Waals surface area (Å²) in [4.78, 5) is 24.4. The number of fused-ring (bicyclic) bond motifs is 1. The molecule has 0 bridgehead atoms. The second-order valence-electron chi connectivity index (χ2n) is 6.56. The smallest absolute Gasteiger partial charge is 0.311 e. The monoisotopic (exact) mass is 333 g/mol. The Kier molecular flexibility index (Phi) is 4.95. The van der Waals surface area contributed by atoms with Crippen LogP contribution in [0.15, 0.2) is 24.3 Å². The average molecular weight is 333 g/mol. The zero-order valence-electron chi connectivity index (χ0n) is 13.2. The van der Waals surface area contributed by atoms with Gasteiger partial charge in [-0.05, 0) is 36.1 Å². The number of carbonyl (C=O) groups is 2. The lowest BCUT2D eigenvalue weighted by Gasteiger charge is -2.34. The van der Waals surface area contributed by atoms with Crippen molar-refractivity contribution < 1.29 is 14.7 Å². The van der Waals surface area contributed by atoms with Crippen molar-refractivity contribution in [3.05, 3.63) is 35.4 Å². The highest BCUT2D eigenvalue weighted by Gasteiger charge is 2.40. The van der Waals surface area contributed by atoms with Gasteiger partial charge in [-0.15, -0.1) is 11.8 Å². The average Bonchev–Trinajstić information content (AvgIpc) is 2.60. The van der Waals surface area contributed by atoms with Crippen LogP contribution in [-0.4, -0.2) is 29.3 Å². The van der Waals surface area contributed by atoms with Crippen LogP contribution in [-0.2, 0) is 16.0 Å². The second-order valence-corrected chi connectivity index (χ2v) is 7.78. The molecule has 1 aliphatic carbocycles. The third-order valence-corrected chi connectivity index (χ3v) is 6.34. The quantitative estimate of drug-likeness (QED) is 0.888. The molecular formula is C18H23NO3S. The minimum atomic E-state index is -0.771. The molecule has 1 saturated carbocycles. The summed E-state index contributed by atoms with van der Waals surface area (Å²) in [7, 11) is 0. The molecule has 2 N–H and O–H groups in total. The Hall–Kier alpha value is -1.49. The first-order valence-electron chi connectivity index (χ1n) is 8.33. The van der Waals surface area contributed by atoms with Crippen molar-refractivity contribution in [1.29, 1.82) is 0 Å². The number of hydrogen-bond donors (Lipinski definition) is 2. The Morgan fingerprint density at radius 3 is 2.70 bits per heavy atom. The Bertz CT molecular complexity index is 596. The van der Waals surface area contributed by atoms with Gasteiger partial charge in [0, 0.05) is 6.54 Å². The number of aryl methyl sites for hydroxylation is 1. The highest BCUT2D eigenvalue weighted by atomic mass is 32.2. The maximum absolute atomic E-state index is 12.6. The molecule has 0 saturated heterocycles. The summed E-state index contributed by atoms with van der Waals surface area (Å²) in [6.45, 7) is 0.250. The summed E-state index contributed by atoms with van der Waals surface area (Å²) < 4.78 is 0. The molecule has 1 aromatic rings. The van der Waals surface area contributed by atoms with Gasteiger partial charge in [0.05, 0.1) is 5.41 Å². The molecule has 1 amide bonds. The van der Waals surface area contributed by atoms with E-state index < -0.39 is 11.4 Å². The van der Waals surface area contributed by atoms with E-state index in [1.165, 1.54) is 5.56 Å². The summed E-state index contributed by atoms with van der Waals surface area (Å²) in [6, 6.07) is 8.06. The minimum Gasteiger partial charge on any atom is -0.481 e. The molecule has 1 unspecified atom stereocenters. The number of carbonyl (C=O) groups excluding carboxylic acids is 1. The minimum absolute atomic E-state index is 0.0478. The number of hydrogen-bond acceptors (Lipinski definition) is 3. The second kappa shape index (κ2) is 6.95. The summed E-state index contributed by atoms with van der Waals surface area (Å²) in [6.07, 6.45) is 5.28. The van der Waals surface area contributed by atoms with E-state index >= 15 is 0 Å². The number of amides is 1. The van der Waals surface area contributed by atoms with Crippen molar-refractivity contribution in [3.63, 3.8) is 0 Å². The van der Waals surface area contributed by atoms with E-state index in [0.29, 0.717) is 12.8 Å². The number of thioether (sulfide) groups is 1. The van der Waals surface area contributed by atoms with Crippen LogP contribution in [0.5, 0.6) is 0 Å². The van der Waals surface area contributed by atoms with Crippen molar-refractivity contribution in [1.82, 2.24) is 5.32 Å². The van der Waals surface area contributed by atoms with Gasteiger partial charge in [-0.2, -0.15) is 0 Å². The van der Waals surface area contributed by atoms with Gasteiger partial charge in [0.1, 0.15) is 5.25 Å². The Balaban J connectivity index is 1.69. The van der Waals surface area contributed by atoms with Crippen molar-refractivity contribution in [3.8, 4) is 0 Å². The lowest BCUT2D eigenvalue weighted by molar-refractivity contribution is -0.151. The SMILES string of the molecule is O=C(NCC1(C(=O)O)CCCCC1)C1SCCc2ccccc21. The standard InChI is InChI=1S/C18H23NO3S/c20-16(15-14-7-3-2-6-13(14)8-11-23-15)19-12-18(17(21)22)9-4-1-5-10-18/h2-3,6-7,15H,1,4-5,8-12H2,(H,19,20)(H,21,22). The largest absolute Gasteiger partial charge is 0.481 e. The molecule has 2 aliphatic rings. The van der Waals surface area contributed by atoms with E-state index in [9.17, 15) is 14.7 Å². The van der Waals surface area contributed by atoms with Crippen LogP contribution in [0, 0.1) is 5.41 Å². The third kappa shape index (κ3) is 3.39. The third-order valence-electron chi connectivity index (χ3n) is 5.10. The number of benzene rings is 1. The van der Waals surface area contributed by atoms with Gasteiger partial charge in [-0.3, -0.25) is 9.59 Å². The number of nitrogens with one attached hydrogen (secondary N) is 1. The van der Waals surface area contributed by atoms with Crippen molar-refractivity contribution >= 4 is 23.6 Å². The van der Waals surface area contributed by atoms with Crippen LogP contribution in [0.4, 0.5) is 0 Å². The lowest BCUT2D eigenvalue weighted by Crippen LogP contribution is -2.45. The molecule has 1 aromatic carbocycles. The van der Waals surface area contributed by atoms with Gasteiger partial charge in [0.2, 0.25) is 5.91 Å². The molecule has 0 radical (unpaired) electrons. The molecule has 124 valence electrons. The van der Waals surface area contributed by atoms with Crippen molar-refractivity contribution in [2.24, 2.45) is 5.41 Å². The molecule has 1 atom stereocenters. The topological polar surface area (TPSA) is 66.4 Å². The molecule has 0 spiro atoms. The fourth-order valence-corrected chi connectivity index (χ4v) is 4.87. The number of carboxylic acids is 1. The molecular weight excluding hydrogens is 310 g/mol. The van der Waals surface area contributed by atoms with Crippen LogP contribution in [0.3, 0.4) is 0 Å². The first-order chi connectivity index (χ1) is 11.1. The maximum atomic E-state index is 12.6. The summed E-state index contributed by atoms with van der Waals surface area (Å²) in [5, 5.41) is 12.3. The van der Waals surface area contributed by atoms with Gasteiger partial charge in [-0.25, -0.2) is 0 Å². The molecule has 1 fully saturated rings. The summed E-state index contributed by atoms with van der Waals surface area (Å²) in [5.41, 5.74) is 1.54.